The molecule has 0 radical (unpaired) electrons. The molecule has 0 aliphatic rings. The molecule has 0 unspecified atom stereocenters. The van der Waals surface area contributed by atoms with Gasteiger partial charge in [0.1, 0.15) is 11.4 Å². The summed E-state index contributed by atoms with van der Waals surface area (Å²) in [5, 5.41) is 10.6. The van der Waals surface area contributed by atoms with E-state index in [9.17, 15) is 10.1 Å². The van der Waals surface area contributed by atoms with Crippen LogP contribution in [0.15, 0.2) is 16.6 Å². The lowest BCUT2D eigenvalue weighted by atomic mass is 10.2. The molecule has 17 heavy (non-hydrogen) atoms. The average molecular weight is 303 g/mol. The van der Waals surface area contributed by atoms with Crippen molar-refractivity contribution in [3.63, 3.8) is 0 Å². The molecule has 0 saturated carbocycles. The number of hydrogen-bond donors (Lipinski definition) is 1. The number of hydrogen-bond acceptors (Lipinski definition) is 4. The number of nitrogens with zero attached hydrogens (tertiary/aromatic N) is 1. The molecule has 0 amide bonds. The smallest absolute Gasteiger partial charge is 0.293 e. The Hall–Kier alpha value is -1.30. The fourth-order valence-electron chi connectivity index (χ4n) is 1.36. The van der Waals surface area contributed by atoms with Gasteiger partial charge >= 0.3 is 0 Å². The second kappa shape index (κ2) is 6.44. The number of nitro benzene ring substituents is 1. The zero-order valence-electron chi connectivity index (χ0n) is 9.61. The highest BCUT2D eigenvalue weighted by Gasteiger charge is 2.15. The molecule has 1 aromatic rings. The van der Waals surface area contributed by atoms with E-state index in [-0.39, 0.29) is 11.4 Å². The Kier molecular flexibility index (Phi) is 5.21. The molecule has 0 spiro atoms. The summed E-state index contributed by atoms with van der Waals surface area (Å²) in [6.45, 7) is 2.70. The van der Waals surface area contributed by atoms with Crippen LogP contribution in [-0.2, 0) is 0 Å². The maximum Gasteiger partial charge on any atom is 0.293 e. The second-order valence-corrected chi connectivity index (χ2v) is 4.51. The molecule has 1 aromatic carbocycles. The lowest BCUT2D eigenvalue weighted by molar-refractivity contribution is -0.384. The number of anilines is 1. The van der Waals surface area contributed by atoms with Gasteiger partial charge in [0.05, 0.1) is 16.0 Å². The predicted molar refractivity (Wildman–Crippen MR) is 70.2 cm³/mol. The number of nitro groups is 1. The summed E-state index contributed by atoms with van der Waals surface area (Å²) in [6, 6.07) is 2.85. The van der Waals surface area contributed by atoms with E-state index in [1.807, 2.05) is 0 Å². The topological polar surface area (TPSA) is 78.4 Å². The third-order valence-corrected chi connectivity index (χ3v) is 2.90. The van der Waals surface area contributed by atoms with Gasteiger partial charge in [0, 0.05) is 12.1 Å². The minimum absolute atomic E-state index is 0.113. The third-order valence-electron chi connectivity index (χ3n) is 2.28. The number of nitrogens with two attached hydrogens (primary N) is 1. The molecule has 0 saturated heterocycles. The summed E-state index contributed by atoms with van der Waals surface area (Å²) >= 11 is 3.23. The van der Waals surface area contributed by atoms with Crippen LogP contribution in [-0.4, -0.2) is 11.5 Å². The molecule has 94 valence electrons. The summed E-state index contributed by atoms with van der Waals surface area (Å²) < 4.78 is 6.06. The molecule has 2 N–H and O–H groups in total. The van der Waals surface area contributed by atoms with Crippen LogP contribution in [0, 0.1) is 10.1 Å². The summed E-state index contributed by atoms with van der Waals surface area (Å²) in [5.74, 6) is 0.546. The largest absolute Gasteiger partial charge is 0.492 e. The van der Waals surface area contributed by atoms with Gasteiger partial charge in [-0.2, -0.15) is 0 Å². The second-order valence-electron chi connectivity index (χ2n) is 3.65. The van der Waals surface area contributed by atoms with Gasteiger partial charge in [-0.05, 0) is 22.4 Å². The molecule has 0 bridgehead atoms. The Bertz CT molecular complexity index is 410. The third kappa shape index (κ3) is 3.89. The fourth-order valence-corrected chi connectivity index (χ4v) is 1.81. The molecule has 6 heteroatoms. The standard InChI is InChI=1S/C11H15BrN2O3/c1-2-3-4-5-17-11-7-9(13)10(14(15)16)6-8(11)12/h6-7H,2-5,13H2,1H3. The molecule has 0 aliphatic carbocycles. The van der Waals surface area contributed by atoms with Crippen molar-refractivity contribution in [2.45, 2.75) is 26.2 Å². The minimum atomic E-state index is -0.513. The number of rotatable bonds is 6. The van der Waals surface area contributed by atoms with Crippen molar-refractivity contribution in [2.75, 3.05) is 12.3 Å². The lowest BCUT2D eigenvalue weighted by Crippen LogP contribution is -2.01. The van der Waals surface area contributed by atoms with Gasteiger partial charge < -0.3 is 10.5 Å². The molecule has 0 heterocycles. The summed E-state index contributed by atoms with van der Waals surface area (Å²) in [5.41, 5.74) is 5.58. The van der Waals surface area contributed by atoms with Crippen molar-refractivity contribution in [3.05, 3.63) is 26.7 Å². The maximum atomic E-state index is 10.6. The molecule has 0 aromatic heterocycles. The number of benzene rings is 1. The SMILES string of the molecule is CCCCCOc1cc(N)c([N+](=O)[O-])cc1Br. The van der Waals surface area contributed by atoms with Crippen LogP contribution in [0.2, 0.25) is 0 Å². The van der Waals surface area contributed by atoms with Gasteiger partial charge in [-0.15, -0.1) is 0 Å². The maximum absolute atomic E-state index is 10.6. The van der Waals surface area contributed by atoms with Crippen molar-refractivity contribution in [1.82, 2.24) is 0 Å². The quantitative estimate of drug-likeness (QED) is 0.377. The molecule has 0 aliphatic heterocycles. The number of nitrogen functional groups attached to an aromatic ring is 1. The molecular formula is C11H15BrN2O3. The van der Waals surface area contributed by atoms with E-state index in [1.54, 1.807) is 0 Å². The van der Waals surface area contributed by atoms with E-state index in [4.69, 9.17) is 10.5 Å². The number of unbranched alkanes of at least 4 members (excludes halogenated alkanes) is 2. The van der Waals surface area contributed by atoms with Crippen LogP contribution in [0.4, 0.5) is 11.4 Å². The van der Waals surface area contributed by atoms with Gasteiger partial charge in [-0.25, -0.2) is 0 Å². The fraction of sp³-hybridized carbons (Fsp3) is 0.455. The number of ether oxygens (including phenoxy) is 1. The predicted octanol–water partition coefficient (Wildman–Crippen LogP) is 3.51. The van der Waals surface area contributed by atoms with Crippen molar-refractivity contribution < 1.29 is 9.66 Å². The van der Waals surface area contributed by atoms with Crippen LogP contribution in [0.1, 0.15) is 26.2 Å². The van der Waals surface area contributed by atoms with Crippen LogP contribution in [0.3, 0.4) is 0 Å². The molecule has 0 fully saturated rings. The van der Waals surface area contributed by atoms with E-state index in [2.05, 4.69) is 22.9 Å². The van der Waals surface area contributed by atoms with Gasteiger partial charge in [0.15, 0.2) is 0 Å². The zero-order chi connectivity index (χ0) is 12.8. The highest BCUT2D eigenvalue weighted by molar-refractivity contribution is 9.10. The minimum Gasteiger partial charge on any atom is -0.492 e. The van der Waals surface area contributed by atoms with E-state index in [0.717, 1.165) is 19.3 Å². The van der Waals surface area contributed by atoms with Crippen LogP contribution < -0.4 is 10.5 Å². The summed E-state index contributed by atoms with van der Waals surface area (Å²) in [7, 11) is 0. The summed E-state index contributed by atoms with van der Waals surface area (Å²) in [6.07, 6.45) is 3.17. The Morgan fingerprint density at radius 3 is 2.76 bits per heavy atom. The van der Waals surface area contributed by atoms with E-state index in [1.165, 1.54) is 12.1 Å². The van der Waals surface area contributed by atoms with Crippen molar-refractivity contribution in [1.29, 1.82) is 0 Å². The number of halogens is 1. The van der Waals surface area contributed by atoms with Gasteiger partial charge in [-0.1, -0.05) is 19.8 Å². The molecule has 0 atom stereocenters. The summed E-state index contributed by atoms with van der Waals surface area (Å²) in [4.78, 5) is 10.1. The van der Waals surface area contributed by atoms with Crippen LogP contribution in [0.25, 0.3) is 0 Å². The molecule has 5 nitrogen and oxygen atoms in total. The first-order valence-electron chi connectivity index (χ1n) is 5.42. The van der Waals surface area contributed by atoms with Gasteiger partial charge in [0.25, 0.3) is 5.69 Å². The lowest BCUT2D eigenvalue weighted by Gasteiger charge is -2.08. The first kappa shape index (κ1) is 13.8. The van der Waals surface area contributed by atoms with Gasteiger partial charge in [0.2, 0.25) is 0 Å². The highest BCUT2D eigenvalue weighted by atomic mass is 79.9. The zero-order valence-corrected chi connectivity index (χ0v) is 11.2. The van der Waals surface area contributed by atoms with Crippen LogP contribution in [0.5, 0.6) is 5.75 Å². The van der Waals surface area contributed by atoms with E-state index in [0.29, 0.717) is 16.8 Å². The normalized spacial score (nSPS) is 10.2. The van der Waals surface area contributed by atoms with Crippen molar-refractivity contribution in [2.24, 2.45) is 0 Å². The van der Waals surface area contributed by atoms with Crippen molar-refractivity contribution >= 4 is 27.3 Å². The van der Waals surface area contributed by atoms with Gasteiger partial charge in [-0.3, -0.25) is 10.1 Å². The van der Waals surface area contributed by atoms with Crippen LogP contribution >= 0.6 is 15.9 Å². The van der Waals surface area contributed by atoms with E-state index >= 15 is 0 Å². The Morgan fingerprint density at radius 2 is 2.18 bits per heavy atom. The monoisotopic (exact) mass is 302 g/mol. The Morgan fingerprint density at radius 1 is 1.47 bits per heavy atom. The first-order valence-corrected chi connectivity index (χ1v) is 6.21. The average Bonchev–Trinajstić information content (AvgIpc) is 2.28. The molecular weight excluding hydrogens is 288 g/mol. The van der Waals surface area contributed by atoms with E-state index < -0.39 is 4.92 Å². The Labute approximate surface area is 108 Å². The van der Waals surface area contributed by atoms with Crippen molar-refractivity contribution in [3.8, 4) is 5.75 Å². The Balaban J connectivity index is 2.74. The highest BCUT2D eigenvalue weighted by Crippen LogP contribution is 2.34. The first-order chi connectivity index (χ1) is 8.06. The molecule has 1 rings (SSSR count).